The summed E-state index contributed by atoms with van der Waals surface area (Å²) in [5.41, 5.74) is 7.04. The van der Waals surface area contributed by atoms with E-state index in [1.165, 1.54) is 6.07 Å². The Hall–Kier alpha value is -1.65. The zero-order valence-electron chi connectivity index (χ0n) is 10.8. The second-order valence-electron chi connectivity index (χ2n) is 4.21. The Morgan fingerprint density at radius 1 is 1.21 bits per heavy atom. The molecule has 5 heteroatoms. The lowest BCUT2D eigenvalue weighted by atomic mass is 10.1. The Balaban J connectivity index is 0.00000180. The molecule has 102 valence electrons. The highest BCUT2D eigenvalue weighted by atomic mass is 35.5. The molecule has 0 aliphatic carbocycles. The Morgan fingerprint density at radius 2 is 1.89 bits per heavy atom. The maximum atomic E-state index is 13.5. The predicted molar refractivity (Wildman–Crippen MR) is 75.3 cm³/mol. The van der Waals surface area contributed by atoms with Gasteiger partial charge in [-0.2, -0.15) is 0 Å². The molecule has 0 fully saturated rings. The zero-order valence-corrected chi connectivity index (χ0v) is 11.6. The number of aromatic nitrogens is 1. The van der Waals surface area contributed by atoms with Crippen molar-refractivity contribution < 1.29 is 9.13 Å². The van der Waals surface area contributed by atoms with Crippen molar-refractivity contribution in [1.82, 2.24) is 4.98 Å². The molecule has 1 atom stereocenters. The number of pyridine rings is 1. The third kappa shape index (κ3) is 3.91. The Bertz CT molecular complexity index is 544. The van der Waals surface area contributed by atoms with Crippen LogP contribution in [0.4, 0.5) is 4.39 Å². The smallest absolute Gasteiger partial charge is 0.145 e. The van der Waals surface area contributed by atoms with Crippen molar-refractivity contribution in [3.05, 3.63) is 53.6 Å². The van der Waals surface area contributed by atoms with Crippen LogP contribution in [0.3, 0.4) is 0 Å². The minimum Gasteiger partial charge on any atom is -0.456 e. The molecule has 0 amide bonds. The fraction of sp³-hybridized carbons (Fsp3) is 0.214. The molecule has 2 N–H and O–H groups in total. The van der Waals surface area contributed by atoms with Gasteiger partial charge in [-0.15, -0.1) is 12.4 Å². The largest absolute Gasteiger partial charge is 0.456 e. The van der Waals surface area contributed by atoms with Gasteiger partial charge in [-0.05, 0) is 44.2 Å². The van der Waals surface area contributed by atoms with E-state index < -0.39 is 0 Å². The summed E-state index contributed by atoms with van der Waals surface area (Å²) in [7, 11) is 0. The van der Waals surface area contributed by atoms with Crippen LogP contribution in [0.15, 0.2) is 36.5 Å². The number of hydrogen-bond donors (Lipinski definition) is 1. The van der Waals surface area contributed by atoms with E-state index in [0.29, 0.717) is 17.1 Å². The molecule has 3 nitrogen and oxygen atoms in total. The Labute approximate surface area is 118 Å². The molecular weight excluding hydrogens is 267 g/mol. The van der Waals surface area contributed by atoms with Crippen molar-refractivity contribution in [2.24, 2.45) is 5.73 Å². The highest BCUT2D eigenvalue weighted by Gasteiger charge is 2.09. The van der Waals surface area contributed by atoms with E-state index in [-0.39, 0.29) is 24.3 Å². The van der Waals surface area contributed by atoms with E-state index in [4.69, 9.17) is 10.5 Å². The van der Waals surface area contributed by atoms with Crippen LogP contribution in [0.1, 0.15) is 24.2 Å². The third-order valence-electron chi connectivity index (χ3n) is 2.58. The van der Waals surface area contributed by atoms with E-state index in [1.54, 1.807) is 25.3 Å². The molecule has 19 heavy (non-hydrogen) atoms. The molecule has 0 aliphatic rings. The standard InChI is InChI=1S/C14H15FN2O.ClH/c1-9-3-4-12(8-17-9)18-11-5-6-14(15)13(7-11)10(2)16;/h3-8,10H,16H2,1-2H3;1H. The minimum atomic E-state index is -0.371. The number of benzene rings is 1. The quantitative estimate of drug-likeness (QED) is 0.932. The van der Waals surface area contributed by atoms with Crippen molar-refractivity contribution in [1.29, 1.82) is 0 Å². The summed E-state index contributed by atoms with van der Waals surface area (Å²) >= 11 is 0. The van der Waals surface area contributed by atoms with Gasteiger partial charge in [0.2, 0.25) is 0 Å². The van der Waals surface area contributed by atoms with Crippen LogP contribution in [0.25, 0.3) is 0 Å². The second-order valence-corrected chi connectivity index (χ2v) is 4.21. The lowest BCUT2D eigenvalue weighted by Crippen LogP contribution is -2.07. The molecule has 1 heterocycles. The number of halogens is 2. The van der Waals surface area contributed by atoms with Crippen LogP contribution in [-0.4, -0.2) is 4.98 Å². The number of ether oxygens (including phenoxy) is 1. The molecule has 0 spiro atoms. The van der Waals surface area contributed by atoms with Crippen LogP contribution < -0.4 is 10.5 Å². The third-order valence-corrected chi connectivity index (χ3v) is 2.58. The minimum absolute atomic E-state index is 0. The molecule has 0 aliphatic heterocycles. The molecule has 0 saturated heterocycles. The van der Waals surface area contributed by atoms with Crippen LogP contribution >= 0.6 is 12.4 Å². The maximum absolute atomic E-state index is 13.5. The first-order valence-corrected chi connectivity index (χ1v) is 5.72. The van der Waals surface area contributed by atoms with E-state index in [1.807, 2.05) is 19.1 Å². The summed E-state index contributed by atoms with van der Waals surface area (Å²) in [5, 5.41) is 0. The van der Waals surface area contributed by atoms with Crippen molar-refractivity contribution in [3.8, 4) is 11.5 Å². The van der Waals surface area contributed by atoms with Crippen molar-refractivity contribution in [3.63, 3.8) is 0 Å². The summed E-state index contributed by atoms with van der Waals surface area (Å²) in [6, 6.07) is 7.84. The fourth-order valence-electron chi connectivity index (χ4n) is 1.58. The molecular formula is C14H16ClFN2O. The number of aryl methyl sites for hydroxylation is 1. The van der Waals surface area contributed by atoms with E-state index >= 15 is 0 Å². The van der Waals surface area contributed by atoms with Gasteiger partial charge in [0.25, 0.3) is 0 Å². The van der Waals surface area contributed by atoms with E-state index in [9.17, 15) is 4.39 Å². The van der Waals surface area contributed by atoms with Crippen molar-refractivity contribution >= 4 is 12.4 Å². The van der Waals surface area contributed by atoms with E-state index in [2.05, 4.69) is 4.98 Å². The van der Waals surface area contributed by atoms with Gasteiger partial charge in [0.1, 0.15) is 17.3 Å². The summed E-state index contributed by atoms with van der Waals surface area (Å²) in [5.74, 6) is 0.844. The van der Waals surface area contributed by atoms with Crippen molar-refractivity contribution in [2.75, 3.05) is 0 Å². The molecule has 0 saturated carbocycles. The SMILES string of the molecule is Cc1ccc(Oc2ccc(F)c(C(C)N)c2)cn1.Cl. The molecule has 2 rings (SSSR count). The van der Waals surface area contributed by atoms with Gasteiger partial charge >= 0.3 is 0 Å². The average Bonchev–Trinajstić information content (AvgIpc) is 2.34. The molecule has 1 aromatic heterocycles. The highest BCUT2D eigenvalue weighted by Crippen LogP contribution is 2.25. The highest BCUT2D eigenvalue weighted by molar-refractivity contribution is 5.85. The van der Waals surface area contributed by atoms with Gasteiger partial charge in [-0.3, -0.25) is 4.98 Å². The van der Waals surface area contributed by atoms with Crippen molar-refractivity contribution in [2.45, 2.75) is 19.9 Å². The van der Waals surface area contributed by atoms with Gasteiger partial charge in [0, 0.05) is 17.3 Å². The maximum Gasteiger partial charge on any atom is 0.145 e. The monoisotopic (exact) mass is 282 g/mol. The average molecular weight is 283 g/mol. The summed E-state index contributed by atoms with van der Waals surface area (Å²) in [6.07, 6.45) is 1.63. The van der Waals surface area contributed by atoms with E-state index in [0.717, 1.165) is 5.69 Å². The molecule has 1 unspecified atom stereocenters. The molecule has 0 radical (unpaired) electrons. The van der Waals surface area contributed by atoms with Gasteiger partial charge in [-0.1, -0.05) is 0 Å². The Kier molecular flexibility index (Phi) is 5.27. The van der Waals surface area contributed by atoms with Gasteiger partial charge in [0.15, 0.2) is 0 Å². The number of nitrogens with two attached hydrogens (primary N) is 1. The number of nitrogens with zero attached hydrogens (tertiary/aromatic N) is 1. The second kappa shape index (κ2) is 6.50. The first-order chi connectivity index (χ1) is 8.56. The lowest BCUT2D eigenvalue weighted by molar-refractivity contribution is 0.475. The normalized spacial score (nSPS) is 11.6. The number of hydrogen-bond acceptors (Lipinski definition) is 3. The van der Waals surface area contributed by atoms with Crippen LogP contribution in [0.5, 0.6) is 11.5 Å². The lowest BCUT2D eigenvalue weighted by Gasteiger charge is -2.10. The number of rotatable bonds is 3. The molecule has 1 aromatic carbocycles. The first kappa shape index (κ1) is 15.4. The zero-order chi connectivity index (χ0) is 13.1. The Morgan fingerprint density at radius 3 is 2.47 bits per heavy atom. The summed E-state index contributed by atoms with van der Waals surface area (Å²) < 4.78 is 19.1. The van der Waals surface area contributed by atoms with Gasteiger partial charge < -0.3 is 10.5 Å². The topological polar surface area (TPSA) is 48.1 Å². The van der Waals surface area contributed by atoms with Gasteiger partial charge in [-0.25, -0.2) is 4.39 Å². The predicted octanol–water partition coefficient (Wildman–Crippen LogP) is 3.76. The fourth-order valence-corrected chi connectivity index (χ4v) is 1.58. The van der Waals surface area contributed by atoms with Gasteiger partial charge in [0.05, 0.1) is 6.20 Å². The van der Waals surface area contributed by atoms with Crippen LogP contribution in [0.2, 0.25) is 0 Å². The summed E-state index contributed by atoms with van der Waals surface area (Å²) in [6.45, 7) is 3.63. The van der Waals surface area contributed by atoms with Crippen LogP contribution in [-0.2, 0) is 0 Å². The molecule has 0 bridgehead atoms. The molecule has 2 aromatic rings. The first-order valence-electron chi connectivity index (χ1n) is 5.72. The summed E-state index contributed by atoms with van der Waals surface area (Å²) in [4.78, 5) is 4.13. The van der Waals surface area contributed by atoms with Crippen LogP contribution in [0, 0.1) is 12.7 Å².